The normalized spacial score (nSPS) is 11.8. The number of nitrogens with one attached hydrogen (secondary N) is 1. The summed E-state index contributed by atoms with van der Waals surface area (Å²) in [6.07, 6.45) is 0. The highest BCUT2D eigenvalue weighted by molar-refractivity contribution is 7.92. The number of alkyl halides is 1. The molecule has 3 nitrogen and oxygen atoms in total. The summed E-state index contributed by atoms with van der Waals surface area (Å²) in [6.45, 7) is 3.80. The van der Waals surface area contributed by atoms with Crippen LogP contribution in [-0.4, -0.2) is 26.0 Å². The van der Waals surface area contributed by atoms with Crippen LogP contribution in [0.25, 0.3) is 0 Å². The van der Waals surface area contributed by atoms with E-state index in [1.165, 1.54) is 0 Å². The fraction of sp³-hybridized carbons (Fsp3) is 0.500. The summed E-state index contributed by atoms with van der Waals surface area (Å²) in [5.41, 5.74) is 1.89. The number of benzene rings is 1. The Hall–Kier alpha value is -0.740. The average Bonchev–Trinajstić information content (AvgIpc) is 2.29. The topological polar surface area (TPSA) is 46.2 Å². The predicted molar refractivity (Wildman–Crippen MR) is 73.4 cm³/mol. The summed E-state index contributed by atoms with van der Waals surface area (Å²) in [5, 5.41) is 2.79. The van der Waals surface area contributed by atoms with Crippen LogP contribution in [0.2, 0.25) is 0 Å². The number of rotatable bonds is 6. The van der Waals surface area contributed by atoms with E-state index in [4.69, 9.17) is 11.6 Å². The Morgan fingerprint density at radius 2 is 1.94 bits per heavy atom. The summed E-state index contributed by atoms with van der Waals surface area (Å²) in [5.74, 6) is 0.557. The first-order chi connectivity index (χ1) is 7.97. The van der Waals surface area contributed by atoms with Crippen LogP contribution in [0, 0.1) is 0 Å². The minimum Gasteiger partial charge on any atom is -0.384 e. The first-order valence-corrected chi connectivity index (χ1v) is 7.81. The van der Waals surface area contributed by atoms with Gasteiger partial charge < -0.3 is 5.32 Å². The Morgan fingerprint density at radius 1 is 1.29 bits per heavy atom. The van der Waals surface area contributed by atoms with Crippen molar-refractivity contribution in [3.8, 4) is 0 Å². The minimum absolute atomic E-state index is 0.140. The van der Waals surface area contributed by atoms with Crippen molar-refractivity contribution in [3.05, 3.63) is 29.8 Å². The van der Waals surface area contributed by atoms with Gasteiger partial charge in [-0.1, -0.05) is 18.2 Å². The highest BCUT2D eigenvalue weighted by atomic mass is 35.5. The van der Waals surface area contributed by atoms with Gasteiger partial charge in [-0.2, -0.15) is 0 Å². The Bertz CT molecular complexity index is 457. The van der Waals surface area contributed by atoms with Gasteiger partial charge in [0.1, 0.15) is 0 Å². The van der Waals surface area contributed by atoms with Crippen LogP contribution in [0.4, 0.5) is 5.69 Å². The highest BCUT2D eigenvalue weighted by Crippen LogP contribution is 2.16. The van der Waals surface area contributed by atoms with Crippen molar-refractivity contribution in [2.75, 3.05) is 17.6 Å². The molecular formula is C12H18ClNO2S. The molecule has 0 amide bonds. The first-order valence-electron chi connectivity index (χ1n) is 5.56. The van der Waals surface area contributed by atoms with E-state index in [2.05, 4.69) is 5.32 Å². The maximum atomic E-state index is 11.6. The van der Waals surface area contributed by atoms with Crippen LogP contribution in [0.1, 0.15) is 19.4 Å². The van der Waals surface area contributed by atoms with Gasteiger partial charge in [-0.3, -0.25) is 0 Å². The van der Waals surface area contributed by atoms with Crippen LogP contribution in [-0.2, 0) is 15.7 Å². The lowest BCUT2D eigenvalue weighted by molar-refractivity contribution is 0.588. The van der Waals surface area contributed by atoms with Gasteiger partial charge in [-0.15, -0.1) is 11.6 Å². The molecule has 0 atom stereocenters. The molecule has 1 aromatic carbocycles. The van der Waals surface area contributed by atoms with E-state index in [0.717, 1.165) is 11.3 Å². The summed E-state index contributed by atoms with van der Waals surface area (Å²) in [6, 6.07) is 7.63. The molecule has 0 radical (unpaired) electrons. The number of para-hydroxylation sites is 1. The van der Waals surface area contributed by atoms with Crippen LogP contribution >= 0.6 is 11.6 Å². The third-order valence-corrected chi connectivity index (χ3v) is 5.08. The number of hydrogen-bond acceptors (Lipinski definition) is 3. The van der Waals surface area contributed by atoms with Gasteiger partial charge in [0.05, 0.1) is 11.0 Å². The molecule has 1 rings (SSSR count). The van der Waals surface area contributed by atoms with Crippen molar-refractivity contribution in [2.24, 2.45) is 0 Å². The smallest absolute Gasteiger partial charge is 0.154 e. The van der Waals surface area contributed by atoms with Crippen LogP contribution in [0.3, 0.4) is 0 Å². The van der Waals surface area contributed by atoms with E-state index in [1.807, 2.05) is 24.3 Å². The molecule has 0 heterocycles. The highest BCUT2D eigenvalue weighted by Gasteiger charge is 2.15. The van der Waals surface area contributed by atoms with Crippen molar-refractivity contribution in [1.82, 2.24) is 0 Å². The van der Waals surface area contributed by atoms with Gasteiger partial charge in [0.15, 0.2) is 9.84 Å². The standard InChI is InChI=1S/C12H18ClNO2S/c1-10(2)17(15,16)8-7-14-12-6-4-3-5-11(12)9-13/h3-6,10,14H,7-9H2,1-2H3. The fourth-order valence-electron chi connectivity index (χ4n) is 1.37. The number of halogens is 1. The molecule has 0 unspecified atom stereocenters. The molecule has 0 aromatic heterocycles. The third-order valence-electron chi connectivity index (χ3n) is 2.58. The van der Waals surface area contributed by atoms with Gasteiger partial charge in [-0.05, 0) is 25.5 Å². The van der Waals surface area contributed by atoms with Gasteiger partial charge in [0.25, 0.3) is 0 Å². The summed E-state index contributed by atoms with van der Waals surface area (Å²) >= 11 is 5.79. The molecule has 1 aromatic rings. The second-order valence-corrected chi connectivity index (χ2v) is 7.08. The Morgan fingerprint density at radius 3 is 2.53 bits per heavy atom. The Balaban J connectivity index is 2.57. The van der Waals surface area contributed by atoms with Gasteiger partial charge >= 0.3 is 0 Å². The number of hydrogen-bond donors (Lipinski definition) is 1. The van der Waals surface area contributed by atoms with Crippen molar-refractivity contribution < 1.29 is 8.42 Å². The monoisotopic (exact) mass is 275 g/mol. The lowest BCUT2D eigenvalue weighted by atomic mass is 10.2. The minimum atomic E-state index is -2.98. The Kier molecular flexibility index (Phi) is 5.28. The van der Waals surface area contributed by atoms with Gasteiger partial charge in [-0.25, -0.2) is 8.42 Å². The molecule has 0 aliphatic carbocycles. The van der Waals surface area contributed by atoms with E-state index >= 15 is 0 Å². The second kappa shape index (κ2) is 6.26. The molecule has 0 spiro atoms. The molecule has 0 saturated heterocycles. The molecular weight excluding hydrogens is 258 g/mol. The van der Waals surface area contributed by atoms with Crippen molar-refractivity contribution >= 4 is 27.1 Å². The maximum Gasteiger partial charge on any atom is 0.154 e. The number of anilines is 1. The van der Waals surface area contributed by atoms with Crippen LogP contribution in [0.15, 0.2) is 24.3 Å². The maximum absolute atomic E-state index is 11.6. The van der Waals surface area contributed by atoms with Crippen molar-refractivity contribution in [3.63, 3.8) is 0 Å². The van der Waals surface area contributed by atoms with Gasteiger partial charge in [0, 0.05) is 18.1 Å². The molecule has 0 saturated carbocycles. The van der Waals surface area contributed by atoms with Gasteiger partial charge in [0.2, 0.25) is 0 Å². The van der Waals surface area contributed by atoms with E-state index in [1.54, 1.807) is 13.8 Å². The zero-order valence-electron chi connectivity index (χ0n) is 10.1. The molecule has 5 heteroatoms. The zero-order valence-corrected chi connectivity index (χ0v) is 11.7. The van der Waals surface area contributed by atoms with Crippen LogP contribution in [0.5, 0.6) is 0 Å². The molecule has 0 bridgehead atoms. The van der Waals surface area contributed by atoms with E-state index in [-0.39, 0.29) is 11.0 Å². The van der Waals surface area contributed by atoms with Crippen LogP contribution < -0.4 is 5.32 Å². The lowest BCUT2D eigenvalue weighted by Gasteiger charge is -2.11. The fourth-order valence-corrected chi connectivity index (χ4v) is 2.46. The van der Waals surface area contributed by atoms with E-state index in [9.17, 15) is 8.42 Å². The second-order valence-electron chi connectivity index (χ2n) is 4.13. The summed E-state index contributed by atoms with van der Waals surface area (Å²) in [4.78, 5) is 0. The quantitative estimate of drug-likeness (QED) is 0.812. The molecule has 1 N–H and O–H groups in total. The molecule has 0 fully saturated rings. The third kappa shape index (κ3) is 4.21. The SMILES string of the molecule is CC(C)S(=O)(=O)CCNc1ccccc1CCl. The van der Waals surface area contributed by atoms with E-state index < -0.39 is 9.84 Å². The van der Waals surface area contributed by atoms with E-state index in [0.29, 0.717) is 12.4 Å². The molecule has 17 heavy (non-hydrogen) atoms. The van der Waals surface area contributed by atoms with Crippen molar-refractivity contribution in [2.45, 2.75) is 25.0 Å². The summed E-state index contributed by atoms with van der Waals surface area (Å²) < 4.78 is 23.2. The molecule has 96 valence electrons. The first kappa shape index (κ1) is 14.3. The zero-order chi connectivity index (χ0) is 12.9. The lowest BCUT2D eigenvalue weighted by Crippen LogP contribution is -2.23. The molecule has 0 aliphatic rings. The largest absolute Gasteiger partial charge is 0.384 e. The Labute approximate surface area is 108 Å². The average molecular weight is 276 g/mol. The summed E-state index contributed by atoms with van der Waals surface area (Å²) in [7, 11) is -2.98. The molecule has 0 aliphatic heterocycles. The number of sulfone groups is 1. The predicted octanol–water partition coefficient (Wildman–Crippen LogP) is 2.66. The van der Waals surface area contributed by atoms with Crippen molar-refractivity contribution in [1.29, 1.82) is 0 Å².